The zero-order chi connectivity index (χ0) is 30.9. The molecule has 0 saturated carbocycles. The Morgan fingerprint density at radius 3 is 2.26 bits per heavy atom. The van der Waals surface area contributed by atoms with E-state index in [1.807, 2.05) is 48.5 Å². The summed E-state index contributed by atoms with van der Waals surface area (Å²) in [6.45, 7) is -0.260. The molecule has 0 bridgehead atoms. The number of hydrogen-bond acceptors (Lipinski definition) is 11. The summed E-state index contributed by atoms with van der Waals surface area (Å²) in [5, 5.41) is 12.0. The Hall–Kier alpha value is -2.71. The first-order chi connectivity index (χ1) is 21.0. The van der Waals surface area contributed by atoms with Crippen LogP contribution >= 0.6 is 0 Å². The molecule has 2 aromatic carbocycles. The Kier molecular flexibility index (Phi) is 15.8. The molecule has 3 rings (SSSR count). The minimum Gasteiger partial charge on any atom is -0.464 e. The molecule has 3 aromatic rings. The number of furan rings is 1. The van der Waals surface area contributed by atoms with Crippen LogP contribution in [0.25, 0.3) is 11.0 Å². The number of benzene rings is 2. The molecule has 0 fully saturated rings. The van der Waals surface area contributed by atoms with E-state index in [4.69, 9.17) is 42.3 Å². The van der Waals surface area contributed by atoms with Crippen LogP contribution in [0.15, 0.2) is 59.2 Å². The minimum atomic E-state index is -1.10. The smallest absolute Gasteiger partial charge is 0.163 e. The molecule has 0 spiro atoms. The van der Waals surface area contributed by atoms with E-state index in [1.54, 1.807) is 6.26 Å². The second-order valence-electron chi connectivity index (χ2n) is 9.94. The predicted octanol–water partition coefficient (Wildman–Crippen LogP) is 4.13. The Bertz CT molecular complexity index is 1200. The molecule has 43 heavy (non-hydrogen) atoms. The number of carbonyl (C=O) groups is 1. The largest absolute Gasteiger partial charge is 0.464 e. The van der Waals surface area contributed by atoms with Gasteiger partial charge >= 0.3 is 0 Å². The van der Waals surface area contributed by atoms with Crippen molar-refractivity contribution in [1.82, 2.24) is 0 Å². The normalized spacial score (nSPS) is 14.5. The third-order valence-corrected chi connectivity index (χ3v) is 6.89. The summed E-state index contributed by atoms with van der Waals surface area (Å²) < 4.78 is 49.1. The van der Waals surface area contributed by atoms with Crippen LogP contribution in [0, 0.1) is 0 Å². The van der Waals surface area contributed by atoms with Crippen molar-refractivity contribution in [3.63, 3.8) is 0 Å². The molecule has 1 heterocycles. The summed E-state index contributed by atoms with van der Waals surface area (Å²) >= 11 is 0. The van der Waals surface area contributed by atoms with E-state index in [2.05, 4.69) is 0 Å². The standard InChI is InChI=1S/C32H44O11/c1-35-19-39-18-28(34)31(42-21-37-3)32(43-22-38-4)30(41-20-36-2)14-11-24-7-5-6-8-26(24)27(33)12-9-23-10-13-29-25(17-23)15-16-40-29/h5-8,10,13,15-17,28,30-32,34H,9,11-12,14,18-22H2,1-4H3/t28-,30+,31-,32-/m1/s1. The molecule has 0 aliphatic rings. The van der Waals surface area contributed by atoms with Gasteiger partial charge in [-0.05, 0) is 48.6 Å². The first-order valence-corrected chi connectivity index (χ1v) is 14.2. The monoisotopic (exact) mass is 604 g/mol. The van der Waals surface area contributed by atoms with Gasteiger partial charge in [-0.25, -0.2) is 0 Å². The van der Waals surface area contributed by atoms with Gasteiger partial charge in [-0.3, -0.25) is 4.79 Å². The Morgan fingerprint density at radius 1 is 0.814 bits per heavy atom. The maximum absolute atomic E-state index is 13.4. The van der Waals surface area contributed by atoms with Crippen molar-refractivity contribution in [3.05, 3.63) is 71.5 Å². The summed E-state index contributed by atoms with van der Waals surface area (Å²) in [6, 6.07) is 15.4. The number of hydrogen-bond donors (Lipinski definition) is 1. The van der Waals surface area contributed by atoms with E-state index in [0.717, 1.165) is 22.1 Å². The topological polar surface area (TPSA) is 124 Å². The zero-order valence-corrected chi connectivity index (χ0v) is 25.4. The number of ether oxygens (including phenoxy) is 8. The molecule has 0 unspecified atom stereocenters. The average Bonchev–Trinajstić information content (AvgIpc) is 3.50. The van der Waals surface area contributed by atoms with Crippen molar-refractivity contribution in [2.24, 2.45) is 0 Å². The number of fused-ring (bicyclic) bond motifs is 1. The van der Waals surface area contributed by atoms with Gasteiger partial charge in [0.1, 0.15) is 51.1 Å². The predicted molar refractivity (Wildman–Crippen MR) is 158 cm³/mol. The third kappa shape index (κ3) is 11.1. The summed E-state index contributed by atoms with van der Waals surface area (Å²) in [5.74, 6) is 0.0523. The fourth-order valence-corrected chi connectivity index (χ4v) is 4.85. The van der Waals surface area contributed by atoms with Gasteiger partial charge in [0.15, 0.2) is 5.78 Å². The first kappa shape index (κ1) is 34.8. The average molecular weight is 605 g/mol. The molecular weight excluding hydrogens is 560 g/mol. The highest BCUT2D eigenvalue weighted by Gasteiger charge is 2.37. The maximum Gasteiger partial charge on any atom is 0.163 e. The summed E-state index contributed by atoms with van der Waals surface area (Å²) in [7, 11) is 6.00. The van der Waals surface area contributed by atoms with Crippen molar-refractivity contribution in [2.45, 2.75) is 50.1 Å². The lowest BCUT2D eigenvalue weighted by molar-refractivity contribution is -0.232. The van der Waals surface area contributed by atoms with Gasteiger partial charge in [0.05, 0.1) is 19.0 Å². The highest BCUT2D eigenvalue weighted by Crippen LogP contribution is 2.24. The van der Waals surface area contributed by atoms with E-state index >= 15 is 0 Å². The van der Waals surface area contributed by atoms with Crippen LogP contribution in [0.5, 0.6) is 0 Å². The molecule has 238 valence electrons. The highest BCUT2D eigenvalue weighted by molar-refractivity contribution is 5.97. The van der Waals surface area contributed by atoms with Crippen LogP contribution in [0.4, 0.5) is 0 Å². The third-order valence-electron chi connectivity index (χ3n) is 6.89. The second kappa shape index (κ2) is 19.5. The number of Topliss-reactive ketones (excluding diaryl/α,β-unsaturated/α-hetero) is 1. The van der Waals surface area contributed by atoms with Gasteiger partial charge in [0, 0.05) is 45.8 Å². The Labute approximate surface area is 252 Å². The van der Waals surface area contributed by atoms with Gasteiger partial charge < -0.3 is 47.4 Å². The molecule has 4 atom stereocenters. The Balaban J connectivity index is 1.75. The number of ketones is 1. The number of rotatable bonds is 23. The lowest BCUT2D eigenvalue weighted by Crippen LogP contribution is -2.51. The molecule has 11 heteroatoms. The van der Waals surface area contributed by atoms with E-state index in [0.29, 0.717) is 31.2 Å². The molecule has 0 amide bonds. The number of methoxy groups -OCH3 is 4. The van der Waals surface area contributed by atoms with Gasteiger partial charge in [-0.2, -0.15) is 0 Å². The van der Waals surface area contributed by atoms with Crippen molar-refractivity contribution >= 4 is 16.8 Å². The summed E-state index contributed by atoms with van der Waals surface area (Å²) in [6.07, 6.45) is 0.147. The van der Waals surface area contributed by atoms with Crippen LogP contribution < -0.4 is 0 Å². The number of carbonyl (C=O) groups excluding carboxylic acids is 1. The molecule has 1 N–H and O–H groups in total. The quantitative estimate of drug-likeness (QED) is 0.0955. The van der Waals surface area contributed by atoms with Crippen LogP contribution in [0.3, 0.4) is 0 Å². The van der Waals surface area contributed by atoms with Crippen LogP contribution in [-0.4, -0.2) is 97.5 Å². The van der Waals surface area contributed by atoms with Crippen LogP contribution in [0.1, 0.15) is 34.3 Å². The minimum absolute atomic E-state index is 0.00397. The van der Waals surface area contributed by atoms with Crippen LogP contribution in [-0.2, 0) is 50.7 Å². The highest BCUT2D eigenvalue weighted by atomic mass is 16.7. The SMILES string of the molecule is COCOC[C@@H](O)[C@@H](OCOC)[C@H](OCOC)[C@H](CCc1ccccc1C(=O)CCc1ccc2occc2c1)OCOC. The lowest BCUT2D eigenvalue weighted by Gasteiger charge is -2.35. The van der Waals surface area contributed by atoms with Gasteiger partial charge in [0.25, 0.3) is 0 Å². The number of aryl methyl sites for hydroxylation is 2. The zero-order valence-electron chi connectivity index (χ0n) is 25.4. The van der Waals surface area contributed by atoms with Crippen molar-refractivity contribution < 1.29 is 52.2 Å². The van der Waals surface area contributed by atoms with E-state index in [1.165, 1.54) is 28.4 Å². The molecule has 0 aliphatic heterocycles. The first-order valence-electron chi connectivity index (χ1n) is 14.2. The molecule has 0 saturated heterocycles. The lowest BCUT2D eigenvalue weighted by atomic mass is 9.93. The van der Waals surface area contributed by atoms with Gasteiger partial charge in [-0.15, -0.1) is 0 Å². The van der Waals surface area contributed by atoms with Crippen molar-refractivity contribution in [2.75, 3.05) is 62.2 Å². The molecule has 0 aliphatic carbocycles. The fourth-order valence-electron chi connectivity index (χ4n) is 4.85. The second-order valence-corrected chi connectivity index (χ2v) is 9.94. The van der Waals surface area contributed by atoms with Crippen LogP contribution in [0.2, 0.25) is 0 Å². The number of aliphatic hydroxyl groups is 1. The van der Waals surface area contributed by atoms with Gasteiger partial charge in [0.2, 0.25) is 0 Å². The maximum atomic E-state index is 13.4. The van der Waals surface area contributed by atoms with E-state index < -0.39 is 24.4 Å². The molecular formula is C32H44O11. The van der Waals surface area contributed by atoms with Crippen molar-refractivity contribution in [3.8, 4) is 0 Å². The summed E-state index contributed by atoms with van der Waals surface area (Å²) in [5.41, 5.74) is 3.43. The Morgan fingerprint density at radius 2 is 1.51 bits per heavy atom. The van der Waals surface area contributed by atoms with Crippen molar-refractivity contribution in [1.29, 1.82) is 0 Å². The fraction of sp³-hybridized carbons (Fsp3) is 0.531. The van der Waals surface area contributed by atoms with Gasteiger partial charge in [-0.1, -0.05) is 30.3 Å². The molecule has 0 radical (unpaired) electrons. The van der Waals surface area contributed by atoms with E-state index in [9.17, 15) is 9.90 Å². The number of aliphatic hydroxyl groups excluding tert-OH is 1. The molecule has 11 nitrogen and oxygen atoms in total. The molecule has 1 aromatic heterocycles. The van der Waals surface area contributed by atoms with E-state index in [-0.39, 0.29) is 39.6 Å². The summed E-state index contributed by atoms with van der Waals surface area (Å²) in [4.78, 5) is 13.4.